The van der Waals surface area contributed by atoms with Crippen LogP contribution in [0.4, 0.5) is 28.0 Å². The summed E-state index contributed by atoms with van der Waals surface area (Å²) < 4.78 is 54.4. The standard InChI is InChI=1S/C20H17F4N3O2/c1-10-17(19(28)25-12-5-7-14(22)16(24)9-12)18(27(3)20(29)26(10)2)13-6-4-11(21)8-15(13)23/h4-9,18H,1-3H3,(H,25,28)/t18-/m0/s1. The van der Waals surface area contributed by atoms with Gasteiger partial charge in [-0.15, -0.1) is 0 Å². The van der Waals surface area contributed by atoms with Crippen molar-refractivity contribution in [3.8, 4) is 0 Å². The molecule has 152 valence electrons. The number of nitrogens with zero attached hydrogens (tertiary/aromatic N) is 2. The Bertz CT molecular complexity index is 1040. The van der Waals surface area contributed by atoms with E-state index >= 15 is 0 Å². The molecule has 0 radical (unpaired) electrons. The van der Waals surface area contributed by atoms with Crippen LogP contribution in [0.5, 0.6) is 0 Å². The number of hydrogen-bond acceptors (Lipinski definition) is 2. The van der Waals surface area contributed by atoms with Crippen LogP contribution < -0.4 is 5.32 Å². The maximum atomic E-state index is 14.5. The second kappa shape index (κ2) is 7.57. The van der Waals surface area contributed by atoms with Gasteiger partial charge in [0.25, 0.3) is 5.91 Å². The van der Waals surface area contributed by atoms with Gasteiger partial charge in [0.15, 0.2) is 11.6 Å². The Hall–Kier alpha value is -3.36. The van der Waals surface area contributed by atoms with Crippen LogP contribution in [0.15, 0.2) is 47.7 Å². The van der Waals surface area contributed by atoms with Crippen LogP contribution in [-0.4, -0.2) is 35.8 Å². The van der Waals surface area contributed by atoms with Crippen molar-refractivity contribution < 1.29 is 27.2 Å². The number of hydrogen-bond donors (Lipinski definition) is 1. The topological polar surface area (TPSA) is 52.7 Å². The summed E-state index contributed by atoms with van der Waals surface area (Å²) >= 11 is 0. The van der Waals surface area contributed by atoms with E-state index in [1.807, 2.05) is 0 Å². The summed E-state index contributed by atoms with van der Waals surface area (Å²) in [6, 6.07) is 4.01. The number of amides is 3. The number of carbonyl (C=O) groups is 2. The zero-order valence-corrected chi connectivity index (χ0v) is 15.8. The van der Waals surface area contributed by atoms with Crippen molar-refractivity contribution in [1.82, 2.24) is 9.80 Å². The first-order valence-electron chi connectivity index (χ1n) is 8.54. The summed E-state index contributed by atoms with van der Waals surface area (Å²) in [7, 11) is 2.82. The van der Waals surface area contributed by atoms with Gasteiger partial charge in [0.1, 0.15) is 11.6 Å². The molecule has 1 N–H and O–H groups in total. The number of halogens is 4. The van der Waals surface area contributed by atoms with Crippen molar-refractivity contribution in [2.24, 2.45) is 0 Å². The van der Waals surface area contributed by atoms with Gasteiger partial charge in [-0.3, -0.25) is 4.79 Å². The van der Waals surface area contributed by atoms with E-state index < -0.39 is 41.2 Å². The van der Waals surface area contributed by atoms with E-state index in [1.54, 1.807) is 0 Å². The third-order valence-electron chi connectivity index (χ3n) is 4.82. The molecule has 0 spiro atoms. The van der Waals surface area contributed by atoms with Crippen molar-refractivity contribution in [2.45, 2.75) is 13.0 Å². The van der Waals surface area contributed by atoms with Gasteiger partial charge in [0.05, 0.1) is 11.6 Å². The summed E-state index contributed by atoms with van der Waals surface area (Å²) in [6.45, 7) is 1.50. The van der Waals surface area contributed by atoms with Crippen LogP contribution in [0.3, 0.4) is 0 Å². The Morgan fingerprint density at radius 1 is 0.966 bits per heavy atom. The average molecular weight is 407 g/mol. The van der Waals surface area contributed by atoms with Crippen LogP contribution in [0.25, 0.3) is 0 Å². The van der Waals surface area contributed by atoms with E-state index in [-0.39, 0.29) is 22.5 Å². The number of benzene rings is 2. The predicted octanol–water partition coefficient (Wildman–Crippen LogP) is 4.19. The number of urea groups is 1. The molecule has 3 rings (SSSR count). The quantitative estimate of drug-likeness (QED) is 0.776. The Morgan fingerprint density at radius 3 is 2.28 bits per heavy atom. The summed E-state index contributed by atoms with van der Waals surface area (Å²) in [5, 5.41) is 2.43. The molecule has 5 nitrogen and oxygen atoms in total. The van der Waals surface area contributed by atoms with E-state index in [0.29, 0.717) is 6.07 Å². The zero-order valence-electron chi connectivity index (χ0n) is 15.8. The molecule has 29 heavy (non-hydrogen) atoms. The Labute approximate surface area is 164 Å². The molecule has 1 aliphatic heterocycles. The molecule has 9 heteroatoms. The number of rotatable bonds is 3. The largest absolute Gasteiger partial charge is 0.324 e. The van der Waals surface area contributed by atoms with Crippen LogP contribution >= 0.6 is 0 Å². The lowest BCUT2D eigenvalue weighted by atomic mass is 9.92. The number of anilines is 1. The average Bonchev–Trinajstić information content (AvgIpc) is 2.66. The minimum atomic E-state index is -1.15. The van der Waals surface area contributed by atoms with Gasteiger partial charge in [0.2, 0.25) is 0 Å². The lowest BCUT2D eigenvalue weighted by Gasteiger charge is -2.39. The first-order chi connectivity index (χ1) is 13.6. The molecule has 0 aliphatic carbocycles. The third-order valence-corrected chi connectivity index (χ3v) is 4.82. The number of likely N-dealkylation sites (N-methyl/N-ethyl adjacent to an activating group) is 1. The molecule has 0 bridgehead atoms. The van der Waals surface area contributed by atoms with E-state index in [9.17, 15) is 27.2 Å². The molecule has 1 heterocycles. The number of nitrogens with one attached hydrogen (secondary N) is 1. The Morgan fingerprint density at radius 2 is 1.66 bits per heavy atom. The van der Waals surface area contributed by atoms with Gasteiger partial charge in [-0.2, -0.15) is 0 Å². The zero-order chi connectivity index (χ0) is 21.5. The van der Waals surface area contributed by atoms with Crippen LogP contribution in [0.1, 0.15) is 18.5 Å². The number of allylic oxidation sites excluding steroid dienone is 1. The first kappa shape index (κ1) is 20.4. The maximum Gasteiger partial charge on any atom is 0.324 e. The van der Waals surface area contributed by atoms with Gasteiger partial charge in [0, 0.05) is 43.2 Å². The predicted molar refractivity (Wildman–Crippen MR) is 97.7 cm³/mol. The maximum absolute atomic E-state index is 14.5. The van der Waals surface area contributed by atoms with Crippen molar-refractivity contribution in [3.05, 3.63) is 76.5 Å². The molecule has 2 aromatic carbocycles. The van der Waals surface area contributed by atoms with Crippen molar-refractivity contribution in [2.75, 3.05) is 19.4 Å². The minimum Gasteiger partial charge on any atom is -0.322 e. The van der Waals surface area contributed by atoms with Crippen molar-refractivity contribution in [3.63, 3.8) is 0 Å². The minimum absolute atomic E-state index is 0.00448. The number of carbonyl (C=O) groups excluding carboxylic acids is 2. The summed E-state index contributed by atoms with van der Waals surface area (Å²) in [4.78, 5) is 27.8. The molecule has 3 amide bonds. The fraction of sp³-hybridized carbons (Fsp3) is 0.200. The van der Waals surface area contributed by atoms with Gasteiger partial charge in [-0.25, -0.2) is 22.4 Å². The van der Waals surface area contributed by atoms with Gasteiger partial charge in [-0.05, 0) is 25.1 Å². The lowest BCUT2D eigenvalue weighted by Crippen LogP contribution is -2.48. The molecular weight excluding hydrogens is 390 g/mol. The molecule has 1 atom stereocenters. The van der Waals surface area contributed by atoms with Gasteiger partial charge in [-0.1, -0.05) is 6.07 Å². The van der Waals surface area contributed by atoms with Crippen molar-refractivity contribution in [1.29, 1.82) is 0 Å². The Kier molecular flexibility index (Phi) is 5.32. The van der Waals surface area contributed by atoms with E-state index in [0.717, 1.165) is 29.2 Å². The molecule has 0 aromatic heterocycles. The first-order valence-corrected chi connectivity index (χ1v) is 8.54. The molecular formula is C20H17F4N3O2. The summed E-state index contributed by atoms with van der Waals surface area (Å²) in [5.74, 6) is -4.70. The molecule has 0 fully saturated rings. The lowest BCUT2D eigenvalue weighted by molar-refractivity contribution is -0.113. The van der Waals surface area contributed by atoms with Gasteiger partial charge >= 0.3 is 6.03 Å². The van der Waals surface area contributed by atoms with E-state index in [1.165, 1.54) is 32.0 Å². The SMILES string of the molecule is CC1=C(C(=O)Nc2ccc(F)c(F)c2)[C@H](c2ccc(F)cc2F)N(C)C(=O)N1C. The molecule has 0 unspecified atom stereocenters. The smallest absolute Gasteiger partial charge is 0.322 e. The third kappa shape index (κ3) is 3.67. The fourth-order valence-electron chi connectivity index (χ4n) is 3.21. The highest BCUT2D eigenvalue weighted by Crippen LogP contribution is 2.37. The second-order valence-electron chi connectivity index (χ2n) is 6.60. The highest BCUT2D eigenvalue weighted by molar-refractivity contribution is 6.06. The molecule has 0 saturated heterocycles. The van der Waals surface area contributed by atoms with Crippen LogP contribution in [0.2, 0.25) is 0 Å². The monoisotopic (exact) mass is 407 g/mol. The van der Waals surface area contributed by atoms with Crippen LogP contribution in [0, 0.1) is 23.3 Å². The van der Waals surface area contributed by atoms with E-state index in [2.05, 4.69) is 5.32 Å². The normalized spacial score (nSPS) is 17.1. The molecule has 1 aliphatic rings. The van der Waals surface area contributed by atoms with Crippen molar-refractivity contribution >= 4 is 17.6 Å². The van der Waals surface area contributed by atoms with Gasteiger partial charge < -0.3 is 15.1 Å². The highest BCUT2D eigenvalue weighted by Gasteiger charge is 2.39. The Balaban J connectivity index is 2.08. The molecule has 2 aromatic rings. The highest BCUT2D eigenvalue weighted by atomic mass is 19.2. The second-order valence-corrected chi connectivity index (χ2v) is 6.60. The molecule has 0 saturated carbocycles. The summed E-state index contributed by atoms with van der Waals surface area (Å²) in [5.41, 5.74) is 0.145. The summed E-state index contributed by atoms with van der Waals surface area (Å²) in [6.07, 6.45) is 0. The van der Waals surface area contributed by atoms with E-state index in [4.69, 9.17) is 0 Å². The fourth-order valence-corrected chi connectivity index (χ4v) is 3.21. The van der Waals surface area contributed by atoms with Crippen LogP contribution in [-0.2, 0) is 4.79 Å².